The van der Waals surface area contributed by atoms with Gasteiger partial charge in [0.25, 0.3) is 0 Å². The molecule has 2 N–H and O–H groups in total. The lowest BCUT2D eigenvalue weighted by molar-refractivity contribution is 0.207. The average molecular weight is 300 g/mol. The molecule has 94 valence electrons. The lowest BCUT2D eigenvalue weighted by Crippen LogP contribution is -2.50. The molecule has 0 amide bonds. The summed E-state index contributed by atoms with van der Waals surface area (Å²) in [6, 6.07) is 4.86. The van der Waals surface area contributed by atoms with Gasteiger partial charge >= 0.3 is 0 Å². The molecule has 1 aliphatic carbocycles. The van der Waals surface area contributed by atoms with Gasteiger partial charge in [0.05, 0.1) is 0 Å². The van der Waals surface area contributed by atoms with Crippen molar-refractivity contribution in [2.75, 3.05) is 0 Å². The third kappa shape index (κ3) is 2.41. The fourth-order valence-electron chi connectivity index (χ4n) is 2.77. The van der Waals surface area contributed by atoms with Crippen molar-refractivity contribution < 1.29 is 4.39 Å². The maximum Gasteiger partial charge on any atom is 0.124 e. The Labute approximate surface area is 111 Å². The van der Waals surface area contributed by atoms with Gasteiger partial charge in [-0.25, -0.2) is 4.39 Å². The summed E-state index contributed by atoms with van der Waals surface area (Å²) in [5.74, 6) is -0.211. The van der Waals surface area contributed by atoms with Crippen LogP contribution in [0.1, 0.15) is 38.7 Å². The molecule has 0 radical (unpaired) electrons. The average Bonchev–Trinajstić information content (AvgIpc) is 2.46. The zero-order chi connectivity index (χ0) is 12.7. The maximum absolute atomic E-state index is 13.0. The maximum atomic E-state index is 13.0. The predicted octanol–water partition coefficient (Wildman–Crippen LogP) is 4.04. The van der Waals surface area contributed by atoms with Crippen molar-refractivity contribution >= 4 is 15.9 Å². The zero-order valence-electron chi connectivity index (χ0n) is 10.4. The van der Waals surface area contributed by atoms with Crippen LogP contribution >= 0.6 is 15.9 Å². The summed E-state index contributed by atoms with van der Waals surface area (Å²) in [7, 11) is 0. The van der Waals surface area contributed by atoms with E-state index in [0.29, 0.717) is 0 Å². The molecule has 0 spiro atoms. The van der Waals surface area contributed by atoms with E-state index in [4.69, 9.17) is 5.73 Å². The Morgan fingerprint density at radius 1 is 1.35 bits per heavy atom. The molecule has 2 rings (SSSR count). The predicted molar refractivity (Wildman–Crippen MR) is 72.4 cm³/mol. The summed E-state index contributed by atoms with van der Waals surface area (Å²) in [6.45, 7) is 4.47. The van der Waals surface area contributed by atoms with Crippen molar-refractivity contribution in [2.45, 2.75) is 45.1 Å². The van der Waals surface area contributed by atoms with Crippen LogP contribution in [0, 0.1) is 11.2 Å². The monoisotopic (exact) mass is 299 g/mol. The Hall–Kier alpha value is -0.410. The van der Waals surface area contributed by atoms with Crippen molar-refractivity contribution in [3.8, 4) is 0 Å². The molecule has 0 aliphatic heterocycles. The summed E-state index contributed by atoms with van der Waals surface area (Å²) in [5, 5.41) is 0. The topological polar surface area (TPSA) is 26.0 Å². The molecular weight excluding hydrogens is 281 g/mol. The number of halogens is 2. The van der Waals surface area contributed by atoms with E-state index < -0.39 is 0 Å². The minimum absolute atomic E-state index is 0.154. The Morgan fingerprint density at radius 3 is 2.59 bits per heavy atom. The lowest BCUT2D eigenvalue weighted by atomic mass is 9.72. The number of rotatable bonds is 2. The first-order valence-electron chi connectivity index (χ1n) is 6.07. The van der Waals surface area contributed by atoms with Gasteiger partial charge in [-0.05, 0) is 42.4 Å². The van der Waals surface area contributed by atoms with Crippen LogP contribution in [0.25, 0.3) is 0 Å². The molecule has 17 heavy (non-hydrogen) atoms. The Kier molecular flexibility index (Phi) is 3.34. The largest absolute Gasteiger partial charge is 0.324 e. The molecule has 0 bridgehead atoms. The molecule has 1 nitrogen and oxygen atoms in total. The van der Waals surface area contributed by atoms with E-state index >= 15 is 0 Å². The molecule has 0 aromatic heterocycles. The summed E-state index contributed by atoms with van der Waals surface area (Å²) >= 11 is 3.42. The highest BCUT2D eigenvalue weighted by Gasteiger charge is 2.45. The molecule has 1 aromatic rings. The number of hydrogen-bond acceptors (Lipinski definition) is 1. The molecular formula is C14H19BrFN. The van der Waals surface area contributed by atoms with Gasteiger partial charge in [0.15, 0.2) is 0 Å². The van der Waals surface area contributed by atoms with Crippen molar-refractivity contribution in [2.24, 2.45) is 11.1 Å². The number of benzene rings is 1. The second kappa shape index (κ2) is 4.36. The van der Waals surface area contributed by atoms with Crippen LogP contribution in [0.15, 0.2) is 22.7 Å². The highest BCUT2D eigenvalue weighted by Crippen LogP contribution is 2.46. The molecule has 0 heterocycles. The Bertz CT molecular complexity index is 430. The van der Waals surface area contributed by atoms with Crippen LogP contribution in [0.5, 0.6) is 0 Å². The van der Waals surface area contributed by atoms with Gasteiger partial charge in [-0.3, -0.25) is 0 Å². The first-order chi connectivity index (χ1) is 7.84. The highest BCUT2D eigenvalue weighted by molar-refractivity contribution is 9.10. The van der Waals surface area contributed by atoms with E-state index in [-0.39, 0.29) is 16.8 Å². The van der Waals surface area contributed by atoms with E-state index in [1.807, 2.05) is 6.07 Å². The van der Waals surface area contributed by atoms with Crippen LogP contribution in [0.2, 0.25) is 0 Å². The second-order valence-electron chi connectivity index (χ2n) is 5.81. The standard InChI is InChI=1S/C14H19BrFN/c1-13(2)6-3-7-14(13,17)9-10-4-5-11(16)8-12(10)15/h4-5,8H,3,6-7,9,17H2,1-2H3. The molecule has 1 unspecified atom stereocenters. The van der Waals surface area contributed by atoms with Gasteiger partial charge < -0.3 is 5.73 Å². The summed E-state index contributed by atoms with van der Waals surface area (Å²) in [4.78, 5) is 0. The van der Waals surface area contributed by atoms with Crippen LogP contribution in [-0.4, -0.2) is 5.54 Å². The minimum atomic E-state index is -0.211. The highest BCUT2D eigenvalue weighted by atomic mass is 79.9. The molecule has 1 atom stereocenters. The van der Waals surface area contributed by atoms with Crippen LogP contribution < -0.4 is 5.73 Å². The van der Waals surface area contributed by atoms with Gasteiger partial charge in [0.2, 0.25) is 0 Å². The van der Waals surface area contributed by atoms with Crippen molar-refractivity contribution in [3.63, 3.8) is 0 Å². The van der Waals surface area contributed by atoms with E-state index in [9.17, 15) is 4.39 Å². The molecule has 1 aliphatic rings. The molecule has 1 aromatic carbocycles. The van der Waals surface area contributed by atoms with Gasteiger partial charge in [-0.2, -0.15) is 0 Å². The quantitative estimate of drug-likeness (QED) is 0.876. The zero-order valence-corrected chi connectivity index (χ0v) is 12.0. The molecule has 3 heteroatoms. The Balaban J connectivity index is 2.26. The second-order valence-corrected chi connectivity index (χ2v) is 6.66. The molecule has 0 saturated heterocycles. The van der Waals surface area contributed by atoms with Crippen molar-refractivity contribution in [3.05, 3.63) is 34.1 Å². The fraction of sp³-hybridized carbons (Fsp3) is 0.571. The van der Waals surface area contributed by atoms with E-state index in [0.717, 1.165) is 22.9 Å². The summed E-state index contributed by atoms with van der Waals surface area (Å²) < 4.78 is 13.9. The first kappa shape index (κ1) is 13.0. The van der Waals surface area contributed by atoms with Gasteiger partial charge in [0.1, 0.15) is 5.82 Å². The Morgan fingerprint density at radius 2 is 2.06 bits per heavy atom. The van der Waals surface area contributed by atoms with Gasteiger partial charge in [0, 0.05) is 10.0 Å². The lowest BCUT2D eigenvalue weighted by Gasteiger charge is -2.38. The normalized spacial score (nSPS) is 27.4. The SMILES string of the molecule is CC1(C)CCCC1(N)Cc1ccc(F)cc1Br. The fourth-order valence-corrected chi connectivity index (χ4v) is 3.26. The summed E-state index contributed by atoms with van der Waals surface area (Å²) in [5.41, 5.74) is 7.64. The van der Waals surface area contributed by atoms with Gasteiger partial charge in [-0.15, -0.1) is 0 Å². The van der Waals surface area contributed by atoms with Crippen molar-refractivity contribution in [1.82, 2.24) is 0 Å². The third-order valence-electron chi connectivity index (χ3n) is 4.29. The summed E-state index contributed by atoms with van der Waals surface area (Å²) in [6.07, 6.45) is 4.20. The van der Waals surface area contributed by atoms with E-state index in [2.05, 4.69) is 29.8 Å². The molecule has 1 fully saturated rings. The van der Waals surface area contributed by atoms with Crippen LogP contribution in [0.3, 0.4) is 0 Å². The number of nitrogens with two attached hydrogens (primary N) is 1. The number of hydrogen-bond donors (Lipinski definition) is 1. The van der Waals surface area contributed by atoms with Crippen LogP contribution in [-0.2, 0) is 6.42 Å². The third-order valence-corrected chi connectivity index (χ3v) is 5.03. The van der Waals surface area contributed by atoms with E-state index in [1.54, 1.807) is 0 Å². The van der Waals surface area contributed by atoms with E-state index in [1.165, 1.54) is 25.0 Å². The smallest absolute Gasteiger partial charge is 0.124 e. The van der Waals surface area contributed by atoms with Crippen LogP contribution in [0.4, 0.5) is 4.39 Å². The minimum Gasteiger partial charge on any atom is -0.324 e. The van der Waals surface area contributed by atoms with Gasteiger partial charge in [-0.1, -0.05) is 42.3 Å². The van der Waals surface area contributed by atoms with Crippen molar-refractivity contribution in [1.29, 1.82) is 0 Å². The first-order valence-corrected chi connectivity index (χ1v) is 6.86. The molecule has 1 saturated carbocycles.